The largest absolute Gasteiger partial charge is 0.436 e. The molecule has 4 rings (SSSR count). The van der Waals surface area contributed by atoms with Crippen LogP contribution in [0.25, 0.3) is 33.7 Å². The van der Waals surface area contributed by atoms with Crippen LogP contribution in [-0.2, 0) is 0 Å². The number of hydrogen-bond acceptors (Lipinski definition) is 4. The molecule has 1 heterocycles. The number of nitro groups is 1. The summed E-state index contributed by atoms with van der Waals surface area (Å²) < 4.78 is 6.62. The van der Waals surface area contributed by atoms with Gasteiger partial charge in [0.05, 0.1) is 10.5 Å². The molecule has 0 amide bonds. The zero-order valence-electron chi connectivity index (χ0n) is 12.8. The van der Waals surface area contributed by atoms with Crippen LogP contribution in [0.4, 0.5) is 5.69 Å². The van der Waals surface area contributed by atoms with E-state index in [4.69, 9.17) is 4.42 Å². The van der Waals surface area contributed by atoms with Gasteiger partial charge in [-0.05, 0) is 30.3 Å². The molecule has 0 atom stereocenters. The second-order valence-corrected chi connectivity index (χ2v) is 6.37. The fraction of sp³-hybridized carbons (Fsp3) is 0. The van der Waals surface area contributed by atoms with Gasteiger partial charge in [-0.15, -0.1) is 0 Å². The topological polar surface area (TPSA) is 69.2 Å². The number of halogens is 1. The van der Waals surface area contributed by atoms with E-state index >= 15 is 0 Å². The van der Waals surface area contributed by atoms with Crippen molar-refractivity contribution in [2.45, 2.75) is 0 Å². The fourth-order valence-electron chi connectivity index (χ4n) is 2.75. The van der Waals surface area contributed by atoms with Crippen molar-refractivity contribution in [3.05, 3.63) is 81.3 Å². The van der Waals surface area contributed by atoms with Crippen molar-refractivity contribution in [1.29, 1.82) is 0 Å². The molecule has 0 radical (unpaired) electrons. The summed E-state index contributed by atoms with van der Waals surface area (Å²) in [6.45, 7) is 0. The molecule has 5 nitrogen and oxygen atoms in total. The molecule has 122 valence electrons. The Morgan fingerprint density at radius 3 is 2.52 bits per heavy atom. The normalized spacial score (nSPS) is 10.9. The van der Waals surface area contributed by atoms with Crippen LogP contribution in [0, 0.1) is 10.1 Å². The summed E-state index contributed by atoms with van der Waals surface area (Å²) in [5.74, 6) is 0.487. The first-order valence-corrected chi connectivity index (χ1v) is 8.32. The lowest BCUT2D eigenvalue weighted by Crippen LogP contribution is -1.92. The summed E-state index contributed by atoms with van der Waals surface area (Å²) >= 11 is 3.38. The van der Waals surface area contributed by atoms with Gasteiger partial charge in [-0.3, -0.25) is 10.1 Å². The number of fused-ring (bicyclic) bond motifs is 1. The molecule has 0 aliphatic rings. The standard InChI is InChI=1S/C19H11BrN2O3/c20-13-9-10-16(22(23)24)15(11-13)14-7-4-8-17-18(14)21-19(25-17)12-5-2-1-3-6-12/h1-11H. The number of oxazole rings is 1. The Kier molecular flexibility index (Phi) is 3.82. The van der Waals surface area contributed by atoms with Crippen LogP contribution in [0.1, 0.15) is 0 Å². The van der Waals surface area contributed by atoms with Crippen molar-refractivity contribution in [3.8, 4) is 22.6 Å². The molecule has 0 fully saturated rings. The predicted octanol–water partition coefficient (Wildman–Crippen LogP) is 5.83. The van der Waals surface area contributed by atoms with E-state index in [2.05, 4.69) is 20.9 Å². The van der Waals surface area contributed by atoms with Crippen molar-refractivity contribution in [3.63, 3.8) is 0 Å². The molecule has 0 spiro atoms. The minimum atomic E-state index is -0.390. The minimum Gasteiger partial charge on any atom is -0.436 e. The Balaban J connectivity index is 1.97. The number of para-hydroxylation sites is 1. The maximum atomic E-state index is 11.4. The molecule has 0 unspecified atom stereocenters. The molecule has 3 aromatic carbocycles. The van der Waals surface area contributed by atoms with E-state index in [0.717, 1.165) is 10.0 Å². The Morgan fingerprint density at radius 2 is 1.76 bits per heavy atom. The van der Waals surface area contributed by atoms with E-state index in [9.17, 15) is 10.1 Å². The Bertz CT molecular complexity index is 1090. The first-order valence-electron chi connectivity index (χ1n) is 7.53. The van der Waals surface area contributed by atoms with Gasteiger partial charge in [0.1, 0.15) is 5.52 Å². The predicted molar refractivity (Wildman–Crippen MR) is 99.2 cm³/mol. The molecule has 25 heavy (non-hydrogen) atoms. The number of rotatable bonds is 3. The average Bonchev–Trinajstić information content (AvgIpc) is 3.06. The van der Waals surface area contributed by atoms with Gasteiger partial charge in [0, 0.05) is 21.7 Å². The highest BCUT2D eigenvalue weighted by atomic mass is 79.9. The fourth-order valence-corrected chi connectivity index (χ4v) is 3.11. The summed E-state index contributed by atoms with van der Waals surface area (Å²) in [5, 5.41) is 11.4. The summed E-state index contributed by atoms with van der Waals surface area (Å²) in [5.41, 5.74) is 3.23. The Morgan fingerprint density at radius 1 is 0.960 bits per heavy atom. The Labute approximate surface area is 151 Å². The quantitative estimate of drug-likeness (QED) is 0.323. The maximum absolute atomic E-state index is 11.4. The number of aromatic nitrogens is 1. The first-order chi connectivity index (χ1) is 12.1. The van der Waals surface area contributed by atoms with Crippen LogP contribution >= 0.6 is 15.9 Å². The van der Waals surface area contributed by atoms with Gasteiger partial charge in [-0.25, -0.2) is 4.98 Å². The molecule has 0 bridgehead atoms. The molecule has 0 saturated carbocycles. The van der Waals surface area contributed by atoms with Crippen LogP contribution in [-0.4, -0.2) is 9.91 Å². The van der Waals surface area contributed by atoms with E-state index < -0.39 is 4.92 Å². The van der Waals surface area contributed by atoms with Gasteiger partial charge in [0.2, 0.25) is 5.89 Å². The van der Waals surface area contributed by atoms with Gasteiger partial charge in [-0.1, -0.05) is 46.3 Å². The van der Waals surface area contributed by atoms with Crippen molar-refractivity contribution >= 4 is 32.7 Å². The summed E-state index contributed by atoms with van der Waals surface area (Å²) in [4.78, 5) is 15.6. The number of nitro benzene ring substituents is 1. The zero-order valence-corrected chi connectivity index (χ0v) is 14.4. The minimum absolute atomic E-state index is 0.0277. The molecule has 0 N–H and O–H groups in total. The van der Waals surface area contributed by atoms with Crippen molar-refractivity contribution in [1.82, 2.24) is 4.98 Å². The second-order valence-electron chi connectivity index (χ2n) is 5.46. The molecule has 0 saturated heterocycles. The van der Waals surface area contributed by atoms with Crippen LogP contribution in [0.2, 0.25) is 0 Å². The van der Waals surface area contributed by atoms with Crippen LogP contribution in [0.5, 0.6) is 0 Å². The van der Waals surface area contributed by atoms with Gasteiger partial charge >= 0.3 is 0 Å². The summed E-state index contributed by atoms with van der Waals surface area (Å²) in [7, 11) is 0. The average molecular weight is 395 g/mol. The van der Waals surface area contributed by atoms with Crippen LogP contribution in [0.3, 0.4) is 0 Å². The molecular formula is C19H11BrN2O3. The maximum Gasteiger partial charge on any atom is 0.277 e. The lowest BCUT2D eigenvalue weighted by molar-refractivity contribution is -0.384. The molecule has 6 heteroatoms. The highest BCUT2D eigenvalue weighted by molar-refractivity contribution is 9.10. The molecule has 0 aliphatic heterocycles. The smallest absolute Gasteiger partial charge is 0.277 e. The second kappa shape index (κ2) is 6.14. The molecule has 0 aliphatic carbocycles. The number of benzene rings is 3. The SMILES string of the molecule is O=[N+]([O-])c1ccc(Br)cc1-c1cccc2oc(-c3ccccc3)nc12. The van der Waals surface area contributed by atoms with Crippen molar-refractivity contribution in [2.24, 2.45) is 0 Å². The van der Waals surface area contributed by atoms with Crippen molar-refractivity contribution < 1.29 is 9.34 Å². The van der Waals surface area contributed by atoms with Gasteiger partial charge in [-0.2, -0.15) is 0 Å². The third-order valence-corrected chi connectivity index (χ3v) is 4.38. The molecule has 4 aromatic rings. The summed E-state index contributed by atoms with van der Waals surface area (Å²) in [6, 6.07) is 19.8. The van der Waals surface area contributed by atoms with E-state index in [1.165, 1.54) is 6.07 Å². The lowest BCUT2D eigenvalue weighted by atomic mass is 10.0. The molecule has 1 aromatic heterocycles. The van der Waals surface area contributed by atoms with E-state index in [1.54, 1.807) is 12.1 Å². The van der Waals surface area contributed by atoms with E-state index in [0.29, 0.717) is 28.1 Å². The summed E-state index contributed by atoms with van der Waals surface area (Å²) in [6.07, 6.45) is 0. The van der Waals surface area contributed by atoms with Gasteiger partial charge in [0.15, 0.2) is 5.58 Å². The van der Waals surface area contributed by atoms with Crippen molar-refractivity contribution in [2.75, 3.05) is 0 Å². The van der Waals surface area contributed by atoms with Gasteiger partial charge < -0.3 is 4.42 Å². The van der Waals surface area contributed by atoms with Crippen LogP contribution < -0.4 is 0 Å². The highest BCUT2D eigenvalue weighted by Gasteiger charge is 2.20. The molecular weight excluding hydrogens is 384 g/mol. The lowest BCUT2D eigenvalue weighted by Gasteiger charge is -2.04. The Hall–Kier alpha value is -2.99. The number of nitrogens with zero attached hydrogens (tertiary/aromatic N) is 2. The van der Waals surface area contributed by atoms with Crippen LogP contribution in [0.15, 0.2) is 75.6 Å². The first kappa shape index (κ1) is 15.5. The number of hydrogen-bond donors (Lipinski definition) is 0. The monoisotopic (exact) mass is 394 g/mol. The van der Waals surface area contributed by atoms with E-state index in [1.807, 2.05) is 48.5 Å². The third kappa shape index (κ3) is 2.81. The highest BCUT2D eigenvalue weighted by Crippen LogP contribution is 2.37. The van der Waals surface area contributed by atoms with E-state index in [-0.39, 0.29) is 5.69 Å². The zero-order chi connectivity index (χ0) is 17.4. The third-order valence-electron chi connectivity index (χ3n) is 3.89. The van der Waals surface area contributed by atoms with Gasteiger partial charge in [0.25, 0.3) is 5.69 Å².